The molecule has 180 valence electrons. The molecule has 0 saturated carbocycles. The van der Waals surface area contributed by atoms with E-state index in [-0.39, 0.29) is 17.3 Å². The lowest BCUT2D eigenvalue weighted by Crippen LogP contribution is -2.44. The Kier molecular flexibility index (Phi) is 8.24. The Bertz CT molecular complexity index is 1270. The van der Waals surface area contributed by atoms with Gasteiger partial charge in [0.25, 0.3) is 0 Å². The maximum Gasteiger partial charge on any atom is 0.329 e. The second-order valence-corrected chi connectivity index (χ2v) is 7.98. The molecule has 0 saturated heterocycles. The summed E-state index contributed by atoms with van der Waals surface area (Å²) in [4.78, 5) is 32.3. The van der Waals surface area contributed by atoms with Crippen molar-refractivity contribution in [1.29, 1.82) is 5.26 Å². The molecule has 2 aromatic carbocycles. The Morgan fingerprint density at radius 2 is 1.91 bits per heavy atom. The summed E-state index contributed by atoms with van der Waals surface area (Å²) in [7, 11) is 1.57. The number of aliphatic hydroxyl groups excluding tert-OH is 1. The van der Waals surface area contributed by atoms with E-state index in [2.05, 4.69) is 15.3 Å². The Morgan fingerprint density at radius 1 is 1.20 bits per heavy atom. The zero-order valence-electron chi connectivity index (χ0n) is 19.6. The van der Waals surface area contributed by atoms with Gasteiger partial charge in [0.1, 0.15) is 30.0 Å². The van der Waals surface area contributed by atoms with Gasteiger partial charge in [-0.05, 0) is 41.8 Å². The number of aliphatic hydroxyl groups is 1. The Balaban J connectivity index is 1.64. The standard InChI is InChI=1S/C26H26N4O5/c1-16(2)24(30-23(32)13-10-17-8-11-18(34-3)12-9-17)26(33)35-15-22(31)19(14-27)25-28-20-6-4-5-7-21(20)29-25/h4-13,16,24,31H,15H2,1-3H3,(H,28,29)(H,30,32). The van der Waals surface area contributed by atoms with Gasteiger partial charge >= 0.3 is 5.97 Å². The number of imidazole rings is 1. The second kappa shape index (κ2) is 11.5. The highest BCUT2D eigenvalue weighted by Crippen LogP contribution is 2.19. The molecule has 1 aromatic heterocycles. The number of allylic oxidation sites excluding steroid dienone is 1. The van der Waals surface area contributed by atoms with Crippen LogP contribution in [0.2, 0.25) is 0 Å². The number of fused-ring (bicyclic) bond motifs is 1. The first kappa shape index (κ1) is 25.1. The van der Waals surface area contributed by atoms with Crippen LogP contribution in [0, 0.1) is 17.2 Å². The second-order valence-electron chi connectivity index (χ2n) is 7.98. The number of nitrogens with zero attached hydrogens (tertiary/aromatic N) is 2. The Labute approximate surface area is 202 Å². The summed E-state index contributed by atoms with van der Waals surface area (Å²) < 4.78 is 10.3. The van der Waals surface area contributed by atoms with E-state index in [0.29, 0.717) is 16.8 Å². The highest BCUT2D eigenvalue weighted by Gasteiger charge is 2.26. The van der Waals surface area contributed by atoms with Crippen LogP contribution < -0.4 is 10.1 Å². The normalized spacial score (nSPS) is 12.8. The number of methoxy groups -OCH3 is 1. The summed E-state index contributed by atoms with van der Waals surface area (Å²) >= 11 is 0. The molecule has 0 radical (unpaired) electrons. The van der Waals surface area contributed by atoms with E-state index >= 15 is 0 Å². The molecule has 0 fully saturated rings. The number of aromatic nitrogens is 2. The highest BCUT2D eigenvalue weighted by atomic mass is 16.5. The largest absolute Gasteiger partial charge is 0.507 e. The van der Waals surface area contributed by atoms with Crippen LogP contribution in [0.4, 0.5) is 0 Å². The number of amides is 1. The molecule has 0 bridgehead atoms. The molecule has 1 amide bonds. The topological polar surface area (TPSA) is 137 Å². The number of carbonyl (C=O) groups excluding carboxylic acids is 2. The van der Waals surface area contributed by atoms with Crippen molar-refractivity contribution in [2.75, 3.05) is 13.7 Å². The molecule has 0 spiro atoms. The lowest BCUT2D eigenvalue weighted by Gasteiger charge is -2.20. The van der Waals surface area contributed by atoms with E-state index in [1.165, 1.54) is 6.08 Å². The molecule has 1 heterocycles. The maximum atomic E-state index is 12.6. The molecule has 3 aromatic rings. The lowest BCUT2D eigenvalue weighted by molar-refractivity contribution is -0.148. The number of rotatable bonds is 9. The minimum Gasteiger partial charge on any atom is -0.507 e. The average Bonchev–Trinajstić information content (AvgIpc) is 3.28. The van der Waals surface area contributed by atoms with Crippen LogP contribution in [0.1, 0.15) is 25.2 Å². The molecular weight excluding hydrogens is 448 g/mol. The first-order valence-electron chi connectivity index (χ1n) is 10.9. The summed E-state index contributed by atoms with van der Waals surface area (Å²) in [5, 5.41) is 22.5. The van der Waals surface area contributed by atoms with Gasteiger partial charge in [-0.2, -0.15) is 5.26 Å². The minimum absolute atomic E-state index is 0.137. The Morgan fingerprint density at radius 3 is 2.54 bits per heavy atom. The monoisotopic (exact) mass is 474 g/mol. The van der Waals surface area contributed by atoms with E-state index in [0.717, 1.165) is 5.56 Å². The molecule has 1 atom stereocenters. The van der Waals surface area contributed by atoms with Crippen molar-refractivity contribution in [2.24, 2.45) is 5.92 Å². The molecule has 9 nitrogen and oxygen atoms in total. The van der Waals surface area contributed by atoms with Gasteiger partial charge in [-0.1, -0.05) is 38.1 Å². The van der Waals surface area contributed by atoms with Crippen molar-refractivity contribution >= 4 is 34.6 Å². The molecule has 9 heteroatoms. The summed E-state index contributed by atoms with van der Waals surface area (Å²) in [6, 6.07) is 15.2. The quantitative estimate of drug-likeness (QED) is 0.186. The Hall–Kier alpha value is -4.58. The minimum atomic E-state index is -0.951. The third kappa shape index (κ3) is 6.48. The van der Waals surface area contributed by atoms with Crippen LogP contribution in [0.5, 0.6) is 5.75 Å². The van der Waals surface area contributed by atoms with Crippen molar-refractivity contribution in [2.45, 2.75) is 19.9 Å². The predicted molar refractivity (Wildman–Crippen MR) is 131 cm³/mol. The number of ether oxygens (including phenoxy) is 2. The zero-order valence-corrected chi connectivity index (χ0v) is 19.6. The van der Waals surface area contributed by atoms with E-state index in [4.69, 9.17) is 9.47 Å². The number of nitriles is 1. The molecular formula is C26H26N4O5. The summed E-state index contributed by atoms with van der Waals surface area (Å²) in [6.07, 6.45) is 2.93. The summed E-state index contributed by atoms with van der Waals surface area (Å²) in [5.41, 5.74) is 1.98. The number of carbonyl (C=O) groups is 2. The van der Waals surface area contributed by atoms with Crippen molar-refractivity contribution in [3.63, 3.8) is 0 Å². The van der Waals surface area contributed by atoms with Crippen molar-refractivity contribution < 1.29 is 24.2 Å². The molecule has 3 rings (SSSR count). The third-order valence-corrected chi connectivity index (χ3v) is 5.14. The fourth-order valence-corrected chi connectivity index (χ4v) is 3.21. The van der Waals surface area contributed by atoms with Gasteiger partial charge in [0.05, 0.1) is 18.1 Å². The van der Waals surface area contributed by atoms with Gasteiger partial charge in [-0.25, -0.2) is 9.78 Å². The SMILES string of the molecule is COc1ccc(C=CC(=O)NC(C(=O)OCC(O)=C(C#N)c2nc3ccccc3[nH]2)C(C)C)cc1. The van der Waals surface area contributed by atoms with Gasteiger partial charge in [-0.3, -0.25) is 4.79 Å². The molecule has 1 unspecified atom stereocenters. The summed E-state index contributed by atoms with van der Waals surface area (Å²) in [6.45, 7) is 2.97. The maximum absolute atomic E-state index is 12.6. The van der Waals surface area contributed by atoms with Crippen LogP contribution in [-0.4, -0.2) is 46.7 Å². The highest BCUT2D eigenvalue weighted by molar-refractivity contribution is 5.94. The molecule has 35 heavy (non-hydrogen) atoms. The number of benzene rings is 2. The number of H-pyrrole nitrogens is 1. The number of para-hydroxylation sites is 2. The first-order valence-corrected chi connectivity index (χ1v) is 10.9. The van der Waals surface area contributed by atoms with E-state index in [9.17, 15) is 20.0 Å². The van der Waals surface area contributed by atoms with Crippen LogP contribution in [0.3, 0.4) is 0 Å². The smallest absolute Gasteiger partial charge is 0.329 e. The predicted octanol–water partition coefficient (Wildman–Crippen LogP) is 3.76. The number of hydrogen-bond acceptors (Lipinski definition) is 7. The van der Waals surface area contributed by atoms with Crippen LogP contribution in [0.15, 0.2) is 60.4 Å². The van der Waals surface area contributed by atoms with Gasteiger partial charge in [-0.15, -0.1) is 0 Å². The van der Waals surface area contributed by atoms with E-state index in [1.807, 2.05) is 12.1 Å². The molecule has 0 aliphatic heterocycles. The van der Waals surface area contributed by atoms with E-state index < -0.39 is 30.3 Å². The number of esters is 1. The number of aromatic amines is 1. The average molecular weight is 475 g/mol. The van der Waals surface area contributed by atoms with Crippen LogP contribution in [-0.2, 0) is 14.3 Å². The molecule has 0 aliphatic rings. The first-order chi connectivity index (χ1) is 16.8. The molecule has 0 aliphatic carbocycles. The third-order valence-electron chi connectivity index (χ3n) is 5.14. The zero-order chi connectivity index (χ0) is 25.4. The van der Waals surface area contributed by atoms with Crippen molar-refractivity contribution in [3.8, 4) is 11.8 Å². The summed E-state index contributed by atoms with van der Waals surface area (Å²) in [5.74, 6) is -1.08. The van der Waals surface area contributed by atoms with Gasteiger partial charge < -0.3 is 24.9 Å². The lowest BCUT2D eigenvalue weighted by atomic mass is 10.0. The fourth-order valence-electron chi connectivity index (χ4n) is 3.21. The van der Waals surface area contributed by atoms with Gasteiger partial charge in [0, 0.05) is 6.08 Å². The van der Waals surface area contributed by atoms with Gasteiger partial charge in [0.2, 0.25) is 5.91 Å². The van der Waals surface area contributed by atoms with Crippen molar-refractivity contribution in [1.82, 2.24) is 15.3 Å². The van der Waals surface area contributed by atoms with Gasteiger partial charge in [0.15, 0.2) is 11.6 Å². The molecule has 3 N–H and O–H groups in total. The number of nitrogens with one attached hydrogen (secondary N) is 2. The van der Waals surface area contributed by atoms with Crippen LogP contribution >= 0.6 is 0 Å². The number of hydrogen-bond donors (Lipinski definition) is 3. The fraction of sp³-hybridized carbons (Fsp3) is 0.231. The van der Waals surface area contributed by atoms with Crippen molar-refractivity contribution in [3.05, 3.63) is 71.8 Å². The van der Waals surface area contributed by atoms with E-state index in [1.54, 1.807) is 69.5 Å². The van der Waals surface area contributed by atoms with Crippen LogP contribution in [0.25, 0.3) is 22.7 Å².